The van der Waals surface area contributed by atoms with E-state index in [2.05, 4.69) is 4.90 Å². The van der Waals surface area contributed by atoms with Gasteiger partial charge in [-0.25, -0.2) is 0 Å². The number of hydrogen-bond donors (Lipinski definition) is 0. The molecule has 1 saturated heterocycles. The van der Waals surface area contributed by atoms with Gasteiger partial charge in [-0.05, 0) is 7.05 Å². The molecule has 1 heterocycles. The summed E-state index contributed by atoms with van der Waals surface area (Å²) >= 11 is 0. The second kappa shape index (κ2) is 1.84. The largest absolute Gasteiger partial charge is 0.387 e. The van der Waals surface area contributed by atoms with Gasteiger partial charge in [-0.3, -0.25) is 0 Å². The maximum absolute atomic E-state index is 10.6. The minimum absolute atomic E-state index is 0.852. The molecule has 40 valence electrons. The van der Waals surface area contributed by atoms with Crippen LogP contribution in [0.15, 0.2) is 0 Å². The molecule has 1 fully saturated rings. The van der Waals surface area contributed by atoms with Crippen molar-refractivity contribution in [3.05, 3.63) is 0 Å². The Labute approximate surface area is 44.8 Å². The molecule has 1 aliphatic heterocycles. The molecule has 0 atom stereocenters. The van der Waals surface area contributed by atoms with E-state index >= 15 is 0 Å². The van der Waals surface area contributed by atoms with Crippen LogP contribution in [0.2, 0.25) is 6.04 Å². The molecule has 0 spiro atoms. The van der Waals surface area contributed by atoms with E-state index in [9.17, 15) is 4.46 Å². The van der Waals surface area contributed by atoms with Crippen LogP contribution < -0.4 is 0 Å². The van der Waals surface area contributed by atoms with Gasteiger partial charge in [-0.2, -0.15) is 0 Å². The molecular formula is C4H9NOSi. The van der Waals surface area contributed by atoms with Gasteiger partial charge >= 0.3 is 0 Å². The monoisotopic (exact) mass is 115 g/mol. The normalized spacial score (nSPS) is 23.9. The van der Waals surface area contributed by atoms with Crippen molar-refractivity contribution in [3.8, 4) is 0 Å². The Hall–Kier alpha value is -0.0231. The minimum Gasteiger partial charge on any atom is -0.387 e. The van der Waals surface area contributed by atoms with Gasteiger partial charge in [0.2, 0.25) is 0 Å². The molecule has 1 aliphatic rings. The van der Waals surface area contributed by atoms with Crippen LogP contribution in [-0.2, 0) is 4.46 Å². The van der Waals surface area contributed by atoms with Crippen molar-refractivity contribution < 1.29 is 4.46 Å². The topological polar surface area (TPSA) is 20.3 Å². The third-order valence-corrected chi connectivity index (χ3v) is 2.89. The van der Waals surface area contributed by atoms with Crippen molar-refractivity contribution in [2.24, 2.45) is 0 Å². The lowest BCUT2D eigenvalue weighted by Gasteiger charge is -1.99. The van der Waals surface area contributed by atoms with Crippen LogP contribution in [0.5, 0.6) is 0 Å². The van der Waals surface area contributed by atoms with Gasteiger partial charge < -0.3 is 9.36 Å². The Morgan fingerprint density at radius 2 is 2.43 bits per heavy atom. The summed E-state index contributed by atoms with van der Waals surface area (Å²) in [4.78, 5) is 2.11. The zero-order chi connectivity index (χ0) is 5.28. The van der Waals surface area contributed by atoms with Gasteiger partial charge in [0.05, 0.1) is 0 Å². The highest BCUT2D eigenvalue weighted by molar-refractivity contribution is 6.43. The maximum atomic E-state index is 10.6. The minimum atomic E-state index is -1.13. The summed E-state index contributed by atoms with van der Waals surface area (Å²) in [6.07, 6.45) is 0.852. The summed E-state index contributed by atoms with van der Waals surface area (Å²) in [5.41, 5.74) is 0. The summed E-state index contributed by atoms with van der Waals surface area (Å²) in [7, 11) is 0.880. The molecule has 0 N–H and O–H groups in total. The molecule has 7 heavy (non-hydrogen) atoms. The van der Waals surface area contributed by atoms with Crippen molar-refractivity contribution in [2.75, 3.05) is 19.8 Å². The lowest BCUT2D eigenvalue weighted by atomic mass is 10.7. The van der Waals surface area contributed by atoms with Gasteiger partial charge in [0.25, 0.3) is 8.68 Å². The quantitative estimate of drug-likeness (QED) is 0.411. The Bertz CT molecular complexity index is 93.7. The van der Waals surface area contributed by atoms with Crippen LogP contribution in [0.1, 0.15) is 0 Å². The highest BCUT2D eigenvalue weighted by Gasteiger charge is 2.16. The first kappa shape index (κ1) is 5.12. The maximum Gasteiger partial charge on any atom is 0.292 e. The smallest absolute Gasteiger partial charge is 0.292 e. The molecule has 1 rings (SSSR count). The van der Waals surface area contributed by atoms with Gasteiger partial charge in [0, 0.05) is 18.8 Å². The Kier molecular flexibility index (Phi) is 1.34. The Morgan fingerprint density at radius 1 is 1.71 bits per heavy atom. The van der Waals surface area contributed by atoms with Crippen molar-refractivity contribution in [1.82, 2.24) is 4.90 Å². The van der Waals surface area contributed by atoms with Crippen LogP contribution in [-0.4, -0.2) is 33.3 Å². The molecule has 3 heteroatoms. The van der Waals surface area contributed by atoms with Crippen molar-refractivity contribution in [2.45, 2.75) is 6.04 Å². The van der Waals surface area contributed by atoms with E-state index in [0.29, 0.717) is 0 Å². The van der Waals surface area contributed by atoms with Crippen LogP contribution in [0.25, 0.3) is 0 Å². The van der Waals surface area contributed by atoms with E-state index in [1.807, 2.05) is 7.05 Å². The average molecular weight is 115 g/mol. The third kappa shape index (κ3) is 1.17. The van der Waals surface area contributed by atoms with Crippen molar-refractivity contribution in [3.63, 3.8) is 0 Å². The first-order valence-corrected chi connectivity index (χ1v) is 4.31. The fourth-order valence-corrected chi connectivity index (χ4v) is 2.32. The predicted octanol–water partition coefficient (Wildman–Crippen LogP) is -0.107. The van der Waals surface area contributed by atoms with Gasteiger partial charge in [0.1, 0.15) is 0 Å². The Morgan fingerprint density at radius 3 is 2.57 bits per heavy atom. The predicted molar refractivity (Wildman–Crippen MR) is 28.7 cm³/mol. The molecule has 0 amide bonds. The SMILES string of the molecule is CN1CC[Si](=O)C1. The fourth-order valence-electron chi connectivity index (χ4n) is 0.775. The van der Waals surface area contributed by atoms with Crippen LogP contribution >= 0.6 is 0 Å². The van der Waals surface area contributed by atoms with E-state index in [1.165, 1.54) is 0 Å². The van der Waals surface area contributed by atoms with Crippen molar-refractivity contribution in [1.29, 1.82) is 0 Å². The van der Waals surface area contributed by atoms with Gasteiger partial charge in [0.15, 0.2) is 0 Å². The lowest BCUT2D eigenvalue weighted by molar-refractivity contribution is 0.431. The Balaban J connectivity index is 2.40. The van der Waals surface area contributed by atoms with Crippen LogP contribution in [0.4, 0.5) is 0 Å². The van der Waals surface area contributed by atoms with Gasteiger partial charge in [-0.15, -0.1) is 0 Å². The second-order valence-corrected chi connectivity index (χ2v) is 3.92. The van der Waals surface area contributed by atoms with Crippen molar-refractivity contribution >= 4 is 8.68 Å². The first-order valence-electron chi connectivity index (χ1n) is 2.49. The third-order valence-electron chi connectivity index (χ3n) is 1.22. The molecule has 0 saturated carbocycles. The van der Waals surface area contributed by atoms with Crippen LogP contribution in [0, 0.1) is 0 Å². The molecule has 2 nitrogen and oxygen atoms in total. The summed E-state index contributed by atoms with van der Waals surface area (Å²) < 4.78 is 10.6. The van der Waals surface area contributed by atoms with E-state index in [4.69, 9.17) is 0 Å². The van der Waals surface area contributed by atoms with E-state index in [-0.39, 0.29) is 0 Å². The molecule has 0 aromatic carbocycles. The second-order valence-electron chi connectivity index (χ2n) is 2.03. The first-order chi connectivity index (χ1) is 3.29. The standard InChI is InChI=1S/C4H9NOSi/c1-5-2-3-7(6)4-5/h2-4H2,1H3. The zero-order valence-electron chi connectivity index (χ0n) is 4.48. The highest BCUT2D eigenvalue weighted by Crippen LogP contribution is 1.98. The molecule has 0 aromatic heterocycles. The summed E-state index contributed by atoms with van der Waals surface area (Å²) in [5, 5.41) is 0. The lowest BCUT2D eigenvalue weighted by Crippen LogP contribution is -2.14. The number of hydrogen-bond acceptors (Lipinski definition) is 2. The molecule has 0 aromatic rings. The molecular weight excluding hydrogens is 106 g/mol. The fraction of sp³-hybridized carbons (Fsp3) is 1.00. The zero-order valence-corrected chi connectivity index (χ0v) is 5.48. The van der Waals surface area contributed by atoms with E-state index in [0.717, 1.165) is 18.8 Å². The summed E-state index contributed by atoms with van der Waals surface area (Å²) in [5.74, 6) is 0. The summed E-state index contributed by atoms with van der Waals surface area (Å²) in [6.45, 7) is 1.04. The van der Waals surface area contributed by atoms with Gasteiger partial charge in [-0.1, -0.05) is 0 Å². The summed E-state index contributed by atoms with van der Waals surface area (Å²) in [6, 6.07) is 0.946. The molecule has 0 bridgehead atoms. The number of nitrogens with zero attached hydrogens (tertiary/aromatic N) is 1. The molecule has 0 unspecified atom stereocenters. The molecule has 0 aliphatic carbocycles. The highest BCUT2D eigenvalue weighted by atomic mass is 28.3. The average Bonchev–Trinajstić information content (AvgIpc) is 1.87. The van der Waals surface area contributed by atoms with Crippen LogP contribution in [0.3, 0.4) is 0 Å². The number of rotatable bonds is 0. The van der Waals surface area contributed by atoms with E-state index < -0.39 is 8.68 Å². The molecule has 0 radical (unpaired) electrons. The van der Waals surface area contributed by atoms with E-state index in [1.54, 1.807) is 0 Å².